The lowest BCUT2D eigenvalue weighted by atomic mass is 9.93. The molecule has 0 aliphatic heterocycles. The molecule has 0 bridgehead atoms. The molecule has 6 heteroatoms. The van der Waals surface area contributed by atoms with Crippen molar-refractivity contribution < 1.29 is 9.90 Å². The van der Waals surface area contributed by atoms with E-state index < -0.39 is 0 Å². The zero-order valence-electron chi connectivity index (χ0n) is 11.1. The Morgan fingerprint density at radius 2 is 1.95 bits per heavy atom. The molecule has 21 heavy (non-hydrogen) atoms. The maximum Gasteiger partial charge on any atom is 0.272 e. The molecule has 2 N–H and O–H groups in total. The summed E-state index contributed by atoms with van der Waals surface area (Å²) in [5, 5.41) is 12.5. The van der Waals surface area contributed by atoms with Crippen molar-refractivity contribution in [1.29, 1.82) is 0 Å². The number of nitrogens with zero attached hydrogens (tertiary/aromatic N) is 1. The number of hydrogen-bond acceptors (Lipinski definition) is 2. The van der Waals surface area contributed by atoms with Gasteiger partial charge >= 0.3 is 0 Å². The van der Waals surface area contributed by atoms with Crippen molar-refractivity contribution in [2.75, 3.05) is 5.32 Å². The SMILES string of the molecule is O=C(Nc1cc(Cl)c(O)c(Cl)c1)c1cccn1C1CCC1. The van der Waals surface area contributed by atoms with Crippen LogP contribution in [0, 0.1) is 0 Å². The van der Waals surface area contributed by atoms with Gasteiger partial charge in [-0.1, -0.05) is 23.2 Å². The van der Waals surface area contributed by atoms with Crippen LogP contribution >= 0.6 is 23.2 Å². The minimum absolute atomic E-state index is 0.104. The van der Waals surface area contributed by atoms with Crippen LogP contribution in [-0.2, 0) is 0 Å². The Labute approximate surface area is 132 Å². The van der Waals surface area contributed by atoms with Gasteiger partial charge in [0.25, 0.3) is 5.91 Å². The van der Waals surface area contributed by atoms with Crippen LogP contribution in [0.2, 0.25) is 10.0 Å². The summed E-state index contributed by atoms with van der Waals surface area (Å²) in [7, 11) is 0. The number of rotatable bonds is 3. The van der Waals surface area contributed by atoms with E-state index in [1.54, 1.807) is 6.07 Å². The highest BCUT2D eigenvalue weighted by Gasteiger charge is 2.23. The average molecular weight is 325 g/mol. The zero-order valence-corrected chi connectivity index (χ0v) is 12.7. The number of aromatic nitrogens is 1. The second kappa shape index (κ2) is 5.62. The number of phenols is 1. The Morgan fingerprint density at radius 3 is 2.52 bits per heavy atom. The first-order chi connectivity index (χ1) is 10.1. The van der Waals surface area contributed by atoms with Crippen molar-refractivity contribution in [3.8, 4) is 5.75 Å². The molecule has 3 rings (SSSR count). The molecule has 110 valence electrons. The van der Waals surface area contributed by atoms with E-state index in [2.05, 4.69) is 5.32 Å². The molecule has 0 radical (unpaired) electrons. The van der Waals surface area contributed by atoms with Crippen LogP contribution in [0.15, 0.2) is 30.5 Å². The highest BCUT2D eigenvalue weighted by atomic mass is 35.5. The van der Waals surface area contributed by atoms with Gasteiger partial charge in [-0.05, 0) is 43.5 Å². The third kappa shape index (κ3) is 2.74. The summed E-state index contributed by atoms with van der Waals surface area (Å²) in [5.74, 6) is -0.404. The Bertz CT molecular complexity index is 670. The van der Waals surface area contributed by atoms with E-state index in [0.29, 0.717) is 17.4 Å². The first-order valence-electron chi connectivity index (χ1n) is 6.72. The average Bonchev–Trinajstić information content (AvgIpc) is 2.82. The molecular formula is C15H14Cl2N2O2. The number of phenolic OH excluding ortho intramolecular Hbond substituents is 1. The predicted molar refractivity (Wildman–Crippen MR) is 83.4 cm³/mol. The molecular weight excluding hydrogens is 311 g/mol. The summed E-state index contributed by atoms with van der Waals surface area (Å²) < 4.78 is 2.00. The summed E-state index contributed by atoms with van der Waals surface area (Å²) in [4.78, 5) is 12.4. The molecule has 0 unspecified atom stereocenters. The summed E-state index contributed by atoms with van der Waals surface area (Å²) in [5.41, 5.74) is 1.06. The highest BCUT2D eigenvalue weighted by molar-refractivity contribution is 6.37. The van der Waals surface area contributed by atoms with Crippen LogP contribution < -0.4 is 5.32 Å². The third-order valence-electron chi connectivity index (χ3n) is 3.75. The van der Waals surface area contributed by atoms with Crippen LogP contribution in [-0.4, -0.2) is 15.6 Å². The van der Waals surface area contributed by atoms with E-state index in [1.165, 1.54) is 18.6 Å². The van der Waals surface area contributed by atoms with Gasteiger partial charge in [-0.15, -0.1) is 0 Å². The Balaban J connectivity index is 1.82. The Morgan fingerprint density at radius 1 is 1.29 bits per heavy atom. The molecule has 1 aliphatic rings. The number of benzene rings is 1. The van der Waals surface area contributed by atoms with Crippen molar-refractivity contribution in [1.82, 2.24) is 4.57 Å². The van der Waals surface area contributed by atoms with E-state index in [9.17, 15) is 9.90 Å². The molecule has 1 heterocycles. The van der Waals surface area contributed by atoms with Crippen LogP contribution in [0.5, 0.6) is 5.75 Å². The molecule has 1 amide bonds. The fraction of sp³-hybridized carbons (Fsp3) is 0.267. The zero-order chi connectivity index (χ0) is 15.0. The van der Waals surface area contributed by atoms with Gasteiger partial charge in [0.2, 0.25) is 0 Å². The van der Waals surface area contributed by atoms with Crippen molar-refractivity contribution in [3.63, 3.8) is 0 Å². The van der Waals surface area contributed by atoms with Crippen molar-refractivity contribution in [2.45, 2.75) is 25.3 Å². The highest BCUT2D eigenvalue weighted by Crippen LogP contribution is 2.35. The van der Waals surface area contributed by atoms with E-state index >= 15 is 0 Å². The largest absolute Gasteiger partial charge is 0.505 e. The second-order valence-corrected chi connectivity index (χ2v) is 5.94. The van der Waals surface area contributed by atoms with Gasteiger partial charge in [0.15, 0.2) is 5.75 Å². The minimum atomic E-state index is -0.218. The lowest BCUT2D eigenvalue weighted by Gasteiger charge is -2.28. The predicted octanol–water partition coefficient (Wildman–Crippen LogP) is 4.48. The van der Waals surface area contributed by atoms with Gasteiger partial charge in [-0.25, -0.2) is 0 Å². The van der Waals surface area contributed by atoms with Gasteiger partial charge in [0.05, 0.1) is 10.0 Å². The standard InChI is InChI=1S/C15H14Cl2N2O2/c16-11-7-9(8-12(17)14(11)20)18-15(21)13-5-2-6-19(13)10-3-1-4-10/h2,5-8,10,20H,1,3-4H2,(H,18,21). The Hall–Kier alpha value is -1.65. The van der Waals surface area contributed by atoms with E-state index in [1.807, 2.05) is 16.8 Å². The van der Waals surface area contributed by atoms with Gasteiger partial charge in [-0.3, -0.25) is 4.79 Å². The normalized spacial score (nSPS) is 14.8. The summed E-state index contributed by atoms with van der Waals surface area (Å²) >= 11 is 11.7. The molecule has 1 saturated carbocycles. The van der Waals surface area contributed by atoms with Crippen molar-refractivity contribution >= 4 is 34.8 Å². The van der Waals surface area contributed by atoms with Gasteiger partial charge in [0.1, 0.15) is 5.69 Å². The third-order valence-corrected chi connectivity index (χ3v) is 4.33. The fourth-order valence-electron chi connectivity index (χ4n) is 2.40. The number of anilines is 1. The molecule has 2 aromatic rings. The van der Waals surface area contributed by atoms with Gasteiger partial charge in [0, 0.05) is 17.9 Å². The van der Waals surface area contributed by atoms with E-state index in [-0.39, 0.29) is 21.7 Å². The molecule has 0 atom stereocenters. The fourth-order valence-corrected chi connectivity index (χ4v) is 2.89. The van der Waals surface area contributed by atoms with Crippen LogP contribution in [0.4, 0.5) is 5.69 Å². The summed E-state index contributed by atoms with van der Waals surface area (Å²) in [6, 6.07) is 7.00. The maximum atomic E-state index is 12.4. The lowest BCUT2D eigenvalue weighted by molar-refractivity contribution is 0.101. The molecule has 4 nitrogen and oxygen atoms in total. The first kappa shape index (κ1) is 14.3. The second-order valence-electron chi connectivity index (χ2n) is 5.13. The minimum Gasteiger partial charge on any atom is -0.505 e. The van der Waals surface area contributed by atoms with Crippen LogP contribution in [0.3, 0.4) is 0 Å². The smallest absolute Gasteiger partial charge is 0.272 e. The number of amides is 1. The number of halogens is 2. The van der Waals surface area contributed by atoms with E-state index in [0.717, 1.165) is 12.8 Å². The number of nitrogens with one attached hydrogen (secondary N) is 1. The molecule has 0 saturated heterocycles. The van der Waals surface area contributed by atoms with Crippen molar-refractivity contribution in [3.05, 3.63) is 46.2 Å². The lowest BCUT2D eigenvalue weighted by Crippen LogP contribution is -2.23. The van der Waals surface area contributed by atoms with Gasteiger partial charge < -0.3 is 15.0 Å². The number of carbonyl (C=O) groups excluding carboxylic acids is 1. The number of carbonyl (C=O) groups is 1. The first-order valence-corrected chi connectivity index (χ1v) is 7.48. The quantitative estimate of drug-likeness (QED) is 0.818. The number of aromatic hydroxyl groups is 1. The molecule has 1 aliphatic carbocycles. The molecule has 0 spiro atoms. The van der Waals surface area contributed by atoms with Gasteiger partial charge in [-0.2, -0.15) is 0 Å². The summed E-state index contributed by atoms with van der Waals surface area (Å²) in [6.45, 7) is 0. The van der Waals surface area contributed by atoms with Crippen molar-refractivity contribution in [2.24, 2.45) is 0 Å². The molecule has 1 aromatic heterocycles. The Kier molecular flexibility index (Phi) is 3.83. The monoisotopic (exact) mass is 324 g/mol. The van der Waals surface area contributed by atoms with E-state index in [4.69, 9.17) is 23.2 Å². The molecule has 1 fully saturated rings. The molecule has 1 aromatic carbocycles. The summed E-state index contributed by atoms with van der Waals surface area (Å²) in [6.07, 6.45) is 5.33. The van der Waals surface area contributed by atoms with Crippen LogP contribution in [0.1, 0.15) is 35.8 Å². The topological polar surface area (TPSA) is 54.3 Å². The number of hydrogen-bond donors (Lipinski definition) is 2. The maximum absolute atomic E-state index is 12.4. The van der Waals surface area contributed by atoms with Crippen LogP contribution in [0.25, 0.3) is 0 Å².